The lowest BCUT2D eigenvalue weighted by Gasteiger charge is -2.36. The van der Waals surface area contributed by atoms with Gasteiger partial charge in [0.05, 0.1) is 11.7 Å². The third kappa shape index (κ3) is 7.08. The van der Waals surface area contributed by atoms with Gasteiger partial charge in [0.2, 0.25) is 0 Å². The molecule has 0 aliphatic heterocycles. The van der Waals surface area contributed by atoms with Crippen molar-refractivity contribution < 1.29 is 10.2 Å². The number of unbranched alkanes of at least 4 members (excludes halogenated alkanes) is 8. The average molecular weight is 284 g/mol. The van der Waals surface area contributed by atoms with Gasteiger partial charge in [-0.2, -0.15) is 0 Å². The lowest BCUT2D eigenvalue weighted by Crippen LogP contribution is -2.43. The predicted molar refractivity (Wildman–Crippen MR) is 85.9 cm³/mol. The summed E-state index contributed by atoms with van der Waals surface area (Å²) >= 11 is 0. The van der Waals surface area contributed by atoms with Gasteiger partial charge in [-0.15, -0.1) is 0 Å². The van der Waals surface area contributed by atoms with Crippen LogP contribution in [0.1, 0.15) is 103 Å². The van der Waals surface area contributed by atoms with Gasteiger partial charge in [0.15, 0.2) is 0 Å². The molecule has 2 heteroatoms. The van der Waals surface area contributed by atoms with E-state index in [-0.39, 0.29) is 0 Å². The first-order valence-electron chi connectivity index (χ1n) is 9.09. The van der Waals surface area contributed by atoms with Crippen LogP contribution in [0.3, 0.4) is 0 Å². The van der Waals surface area contributed by atoms with E-state index in [0.29, 0.717) is 0 Å². The van der Waals surface area contributed by atoms with Crippen molar-refractivity contribution in [3.05, 3.63) is 0 Å². The smallest absolute Gasteiger partial charge is 0.0905 e. The van der Waals surface area contributed by atoms with E-state index in [1.54, 1.807) is 0 Å². The molecule has 1 fully saturated rings. The van der Waals surface area contributed by atoms with Crippen LogP contribution >= 0.6 is 0 Å². The minimum atomic E-state index is -0.765. The van der Waals surface area contributed by atoms with Crippen LogP contribution in [0.2, 0.25) is 0 Å². The highest BCUT2D eigenvalue weighted by Gasteiger charge is 2.36. The Hall–Kier alpha value is -0.0800. The van der Waals surface area contributed by atoms with E-state index < -0.39 is 11.7 Å². The van der Waals surface area contributed by atoms with Crippen molar-refractivity contribution in [2.24, 2.45) is 0 Å². The van der Waals surface area contributed by atoms with Crippen LogP contribution in [0.5, 0.6) is 0 Å². The van der Waals surface area contributed by atoms with Gasteiger partial charge in [-0.25, -0.2) is 0 Å². The van der Waals surface area contributed by atoms with Crippen LogP contribution in [0.25, 0.3) is 0 Å². The van der Waals surface area contributed by atoms with Crippen LogP contribution in [-0.2, 0) is 0 Å². The first-order chi connectivity index (χ1) is 9.69. The third-order valence-electron chi connectivity index (χ3n) is 4.92. The molecule has 1 atom stereocenters. The Morgan fingerprint density at radius 1 is 0.800 bits per heavy atom. The molecule has 2 nitrogen and oxygen atoms in total. The van der Waals surface area contributed by atoms with E-state index in [9.17, 15) is 10.2 Å². The summed E-state index contributed by atoms with van der Waals surface area (Å²) in [5.41, 5.74) is -0.765. The minimum Gasteiger partial charge on any atom is -0.390 e. The van der Waals surface area contributed by atoms with Crippen LogP contribution in [0, 0.1) is 0 Å². The number of hydrogen-bond acceptors (Lipinski definition) is 2. The molecule has 1 aliphatic rings. The molecule has 20 heavy (non-hydrogen) atoms. The minimum absolute atomic E-state index is 0.493. The van der Waals surface area contributed by atoms with Crippen molar-refractivity contribution in [2.75, 3.05) is 0 Å². The summed E-state index contributed by atoms with van der Waals surface area (Å²) in [5.74, 6) is 0. The van der Waals surface area contributed by atoms with Crippen molar-refractivity contribution in [2.45, 2.75) is 115 Å². The molecule has 0 aromatic carbocycles. The van der Waals surface area contributed by atoms with E-state index in [1.807, 2.05) is 0 Å². The number of rotatable bonds is 11. The molecular formula is C18H36O2. The molecule has 1 unspecified atom stereocenters. The SMILES string of the molecule is CCCCCCCCCCCC(O)C1(O)CCCCC1. The lowest BCUT2D eigenvalue weighted by molar-refractivity contribution is -0.100. The molecule has 0 saturated heterocycles. The van der Waals surface area contributed by atoms with E-state index in [0.717, 1.165) is 38.5 Å². The Morgan fingerprint density at radius 2 is 1.30 bits per heavy atom. The number of aliphatic hydroxyl groups excluding tert-OH is 1. The second-order valence-corrected chi connectivity index (χ2v) is 6.80. The van der Waals surface area contributed by atoms with Gasteiger partial charge in [0.1, 0.15) is 0 Å². The molecule has 120 valence electrons. The fourth-order valence-corrected chi connectivity index (χ4v) is 3.41. The quantitative estimate of drug-likeness (QED) is 0.526. The van der Waals surface area contributed by atoms with E-state index >= 15 is 0 Å². The standard InChI is InChI=1S/C18H36O2/c1-2-3-4-5-6-7-8-9-11-14-17(19)18(20)15-12-10-13-16-18/h17,19-20H,2-16H2,1H3. The summed E-state index contributed by atoms with van der Waals surface area (Å²) in [6.45, 7) is 2.26. The molecule has 0 amide bonds. The molecule has 0 radical (unpaired) electrons. The maximum Gasteiger partial charge on any atom is 0.0905 e. The van der Waals surface area contributed by atoms with Crippen molar-refractivity contribution >= 4 is 0 Å². The Labute approximate surface area is 126 Å². The summed E-state index contributed by atoms with van der Waals surface area (Å²) < 4.78 is 0. The van der Waals surface area contributed by atoms with Gasteiger partial charge in [0.25, 0.3) is 0 Å². The molecule has 0 bridgehead atoms. The highest BCUT2D eigenvalue weighted by atomic mass is 16.3. The Balaban J connectivity index is 1.95. The molecule has 1 aliphatic carbocycles. The topological polar surface area (TPSA) is 40.5 Å². The molecule has 0 heterocycles. The summed E-state index contributed by atoms with van der Waals surface area (Å²) in [7, 11) is 0. The zero-order valence-corrected chi connectivity index (χ0v) is 13.6. The second kappa shape index (κ2) is 10.6. The molecule has 1 rings (SSSR count). The normalized spacial score (nSPS) is 19.9. The van der Waals surface area contributed by atoms with Crippen LogP contribution in [0.4, 0.5) is 0 Å². The maximum absolute atomic E-state index is 10.4. The van der Waals surface area contributed by atoms with Gasteiger partial charge in [0, 0.05) is 0 Å². The zero-order valence-electron chi connectivity index (χ0n) is 13.6. The molecule has 0 aromatic rings. The van der Waals surface area contributed by atoms with Crippen molar-refractivity contribution in [3.8, 4) is 0 Å². The third-order valence-corrected chi connectivity index (χ3v) is 4.92. The zero-order chi connectivity index (χ0) is 14.7. The van der Waals surface area contributed by atoms with Crippen molar-refractivity contribution in [1.82, 2.24) is 0 Å². The lowest BCUT2D eigenvalue weighted by atomic mass is 9.79. The van der Waals surface area contributed by atoms with Gasteiger partial charge in [-0.3, -0.25) is 0 Å². The summed E-state index contributed by atoms with van der Waals surface area (Å²) in [5, 5.41) is 20.6. The Bertz CT molecular complexity index is 221. The van der Waals surface area contributed by atoms with E-state index in [1.165, 1.54) is 57.8 Å². The van der Waals surface area contributed by atoms with Gasteiger partial charge in [-0.1, -0.05) is 84.0 Å². The monoisotopic (exact) mass is 284 g/mol. The molecule has 0 spiro atoms. The van der Waals surface area contributed by atoms with Gasteiger partial charge in [-0.05, 0) is 19.3 Å². The summed E-state index contributed by atoms with van der Waals surface area (Å²) in [4.78, 5) is 0. The first-order valence-corrected chi connectivity index (χ1v) is 9.09. The Kier molecular flexibility index (Phi) is 9.54. The van der Waals surface area contributed by atoms with E-state index in [2.05, 4.69) is 6.92 Å². The molecular weight excluding hydrogens is 248 g/mol. The first kappa shape index (κ1) is 18.0. The van der Waals surface area contributed by atoms with Crippen LogP contribution in [-0.4, -0.2) is 21.9 Å². The predicted octanol–water partition coefficient (Wildman–Crippen LogP) is 4.96. The fraction of sp³-hybridized carbons (Fsp3) is 1.00. The molecule has 1 saturated carbocycles. The average Bonchev–Trinajstić information content (AvgIpc) is 2.46. The largest absolute Gasteiger partial charge is 0.390 e. The highest BCUT2D eigenvalue weighted by Crippen LogP contribution is 2.32. The maximum atomic E-state index is 10.4. The highest BCUT2D eigenvalue weighted by molar-refractivity contribution is 4.88. The second-order valence-electron chi connectivity index (χ2n) is 6.80. The van der Waals surface area contributed by atoms with Crippen molar-refractivity contribution in [3.63, 3.8) is 0 Å². The fourth-order valence-electron chi connectivity index (χ4n) is 3.41. The summed E-state index contributed by atoms with van der Waals surface area (Å²) in [6, 6.07) is 0. The molecule has 2 N–H and O–H groups in total. The van der Waals surface area contributed by atoms with Gasteiger partial charge >= 0.3 is 0 Å². The van der Waals surface area contributed by atoms with Crippen molar-refractivity contribution in [1.29, 1.82) is 0 Å². The van der Waals surface area contributed by atoms with E-state index in [4.69, 9.17) is 0 Å². The Morgan fingerprint density at radius 3 is 1.85 bits per heavy atom. The number of hydrogen-bond donors (Lipinski definition) is 2. The van der Waals surface area contributed by atoms with Crippen LogP contribution in [0.15, 0.2) is 0 Å². The van der Waals surface area contributed by atoms with Gasteiger partial charge < -0.3 is 10.2 Å². The van der Waals surface area contributed by atoms with Crippen LogP contribution < -0.4 is 0 Å². The molecule has 0 aromatic heterocycles. The number of aliphatic hydroxyl groups is 2. The summed E-state index contributed by atoms with van der Waals surface area (Å²) in [6.07, 6.45) is 17.0.